The Hall–Kier alpha value is -2.34. The molecule has 1 heterocycles. The lowest BCUT2D eigenvalue weighted by Gasteiger charge is -2.22. The number of methoxy groups -OCH3 is 1. The third-order valence-corrected chi connectivity index (χ3v) is 4.25. The number of anilines is 2. The van der Waals surface area contributed by atoms with Gasteiger partial charge in [-0.15, -0.1) is 6.58 Å². The Morgan fingerprint density at radius 3 is 2.88 bits per heavy atom. The molecule has 25 heavy (non-hydrogen) atoms. The molecule has 0 spiro atoms. The minimum atomic E-state index is -0.132. The molecule has 6 nitrogen and oxygen atoms in total. The molecule has 1 saturated heterocycles. The third-order valence-electron chi connectivity index (χ3n) is 4.25. The molecule has 1 aliphatic rings. The zero-order chi connectivity index (χ0) is 18.2. The molecular formula is C19H27N3O3. The van der Waals surface area contributed by atoms with Gasteiger partial charge in [0.15, 0.2) is 0 Å². The minimum Gasteiger partial charge on any atom is -0.494 e. The van der Waals surface area contributed by atoms with Crippen LogP contribution in [0.15, 0.2) is 30.9 Å². The molecule has 1 aliphatic heterocycles. The molecule has 0 aliphatic carbocycles. The van der Waals surface area contributed by atoms with E-state index in [0.29, 0.717) is 30.1 Å². The summed E-state index contributed by atoms with van der Waals surface area (Å²) in [6.45, 7) is 7.32. The highest BCUT2D eigenvalue weighted by atomic mass is 16.5. The number of hydrogen-bond donors (Lipinski definition) is 2. The Balaban J connectivity index is 2.05. The van der Waals surface area contributed by atoms with E-state index in [9.17, 15) is 9.59 Å². The number of nitrogens with zero attached hydrogens (tertiary/aromatic N) is 1. The molecule has 1 atom stereocenters. The minimum absolute atomic E-state index is 0.0239. The molecule has 2 amide bonds. The number of carbonyl (C=O) groups excluding carboxylic acids is 2. The number of hydrogen-bond acceptors (Lipinski definition) is 4. The summed E-state index contributed by atoms with van der Waals surface area (Å²) in [5, 5.41) is 5.77. The zero-order valence-electron chi connectivity index (χ0n) is 15.0. The average Bonchev–Trinajstić information content (AvgIpc) is 3.05. The second kappa shape index (κ2) is 9.22. The predicted molar refractivity (Wildman–Crippen MR) is 100.0 cm³/mol. The van der Waals surface area contributed by atoms with Crippen molar-refractivity contribution in [3.05, 3.63) is 30.9 Å². The molecule has 1 aromatic carbocycles. The van der Waals surface area contributed by atoms with Gasteiger partial charge in [-0.25, -0.2) is 0 Å². The quantitative estimate of drug-likeness (QED) is 0.711. The van der Waals surface area contributed by atoms with E-state index in [2.05, 4.69) is 22.1 Å². The fourth-order valence-electron chi connectivity index (χ4n) is 3.04. The molecule has 136 valence electrons. The first kappa shape index (κ1) is 19.0. The summed E-state index contributed by atoms with van der Waals surface area (Å²) in [5.41, 5.74) is 1.26. The molecule has 6 heteroatoms. The number of ether oxygens (including phenoxy) is 1. The van der Waals surface area contributed by atoms with Gasteiger partial charge >= 0.3 is 0 Å². The molecule has 2 rings (SSSR count). The van der Waals surface area contributed by atoms with E-state index in [1.807, 2.05) is 13.0 Å². The van der Waals surface area contributed by atoms with Gasteiger partial charge in [-0.2, -0.15) is 0 Å². The van der Waals surface area contributed by atoms with Crippen molar-refractivity contribution in [3.8, 4) is 5.75 Å². The summed E-state index contributed by atoms with van der Waals surface area (Å²) >= 11 is 0. The number of rotatable bonds is 8. The van der Waals surface area contributed by atoms with E-state index < -0.39 is 0 Å². The van der Waals surface area contributed by atoms with E-state index in [-0.39, 0.29) is 17.9 Å². The highest BCUT2D eigenvalue weighted by Crippen LogP contribution is 2.29. The summed E-state index contributed by atoms with van der Waals surface area (Å²) < 4.78 is 5.34. The number of amides is 2. The van der Waals surface area contributed by atoms with Crippen LogP contribution in [0.5, 0.6) is 5.75 Å². The van der Waals surface area contributed by atoms with Gasteiger partial charge in [-0.05, 0) is 37.9 Å². The zero-order valence-corrected chi connectivity index (χ0v) is 15.0. The van der Waals surface area contributed by atoms with E-state index in [1.54, 1.807) is 25.3 Å². The van der Waals surface area contributed by atoms with Gasteiger partial charge in [0.05, 0.1) is 18.8 Å². The van der Waals surface area contributed by atoms with Crippen LogP contribution in [0, 0.1) is 0 Å². The third kappa shape index (κ3) is 5.06. The Bertz CT molecular complexity index is 630. The van der Waals surface area contributed by atoms with Crippen molar-refractivity contribution in [1.82, 2.24) is 4.90 Å². The van der Waals surface area contributed by atoms with Crippen molar-refractivity contribution < 1.29 is 14.3 Å². The largest absolute Gasteiger partial charge is 0.494 e. The van der Waals surface area contributed by atoms with E-state index in [4.69, 9.17) is 4.74 Å². The topological polar surface area (TPSA) is 70.7 Å². The maximum Gasteiger partial charge on any atom is 0.241 e. The lowest BCUT2D eigenvalue weighted by atomic mass is 10.2. The van der Waals surface area contributed by atoms with Gasteiger partial charge in [0.2, 0.25) is 11.8 Å². The van der Waals surface area contributed by atoms with Crippen molar-refractivity contribution >= 4 is 23.2 Å². The number of benzene rings is 1. The Morgan fingerprint density at radius 2 is 2.20 bits per heavy atom. The Morgan fingerprint density at radius 1 is 1.40 bits per heavy atom. The predicted octanol–water partition coefficient (Wildman–Crippen LogP) is 3.02. The second-order valence-electron chi connectivity index (χ2n) is 6.14. The van der Waals surface area contributed by atoms with E-state index >= 15 is 0 Å². The van der Waals surface area contributed by atoms with Crippen molar-refractivity contribution in [3.63, 3.8) is 0 Å². The standard InChI is InChI=1S/C19H27N3O3/c1-4-7-18(23)21-15-10-9-14(13-17(15)25-3)20-19(24)16-8-6-12-22(16)11-5-2/h5,9-10,13,16H,2,4,6-8,11-12H2,1,3H3,(H,20,24)(H,21,23)/t16-/m1/s1. The Kier molecular flexibility index (Phi) is 7.01. The van der Waals surface area contributed by atoms with Crippen LogP contribution in [0.2, 0.25) is 0 Å². The molecule has 2 N–H and O–H groups in total. The van der Waals surface area contributed by atoms with Crippen LogP contribution in [-0.2, 0) is 9.59 Å². The highest BCUT2D eigenvalue weighted by molar-refractivity contribution is 5.96. The van der Waals surface area contributed by atoms with Crippen molar-refractivity contribution in [1.29, 1.82) is 0 Å². The van der Waals surface area contributed by atoms with Crippen LogP contribution >= 0.6 is 0 Å². The number of carbonyl (C=O) groups is 2. The maximum atomic E-state index is 12.5. The molecule has 0 unspecified atom stereocenters. The summed E-state index contributed by atoms with van der Waals surface area (Å²) in [6, 6.07) is 5.12. The number of nitrogens with one attached hydrogen (secondary N) is 2. The molecule has 0 bridgehead atoms. The van der Waals surface area contributed by atoms with Crippen molar-refractivity contribution in [2.45, 2.75) is 38.6 Å². The molecule has 0 saturated carbocycles. The first-order chi connectivity index (χ1) is 12.1. The van der Waals surface area contributed by atoms with E-state index in [1.165, 1.54) is 0 Å². The van der Waals surface area contributed by atoms with Crippen LogP contribution in [0.25, 0.3) is 0 Å². The maximum absolute atomic E-state index is 12.5. The van der Waals surface area contributed by atoms with Crippen molar-refractivity contribution in [2.24, 2.45) is 0 Å². The SMILES string of the molecule is C=CCN1CCC[C@@H]1C(=O)Nc1ccc(NC(=O)CCC)c(OC)c1. The molecule has 0 radical (unpaired) electrons. The number of likely N-dealkylation sites (tertiary alicyclic amines) is 1. The van der Waals surface area contributed by atoms with Crippen LogP contribution in [0.1, 0.15) is 32.6 Å². The lowest BCUT2D eigenvalue weighted by molar-refractivity contribution is -0.120. The van der Waals surface area contributed by atoms with Crippen LogP contribution in [0.4, 0.5) is 11.4 Å². The lowest BCUT2D eigenvalue weighted by Crippen LogP contribution is -2.39. The fourth-order valence-corrected chi connectivity index (χ4v) is 3.04. The molecule has 1 aromatic rings. The fraction of sp³-hybridized carbons (Fsp3) is 0.474. The smallest absolute Gasteiger partial charge is 0.241 e. The van der Waals surface area contributed by atoms with Crippen molar-refractivity contribution in [2.75, 3.05) is 30.8 Å². The van der Waals surface area contributed by atoms with Gasteiger partial charge in [0.25, 0.3) is 0 Å². The van der Waals surface area contributed by atoms with Gasteiger partial charge in [-0.3, -0.25) is 14.5 Å². The summed E-state index contributed by atoms with van der Waals surface area (Å²) in [5.74, 6) is 0.449. The van der Waals surface area contributed by atoms with Gasteiger partial charge in [-0.1, -0.05) is 13.0 Å². The van der Waals surface area contributed by atoms with E-state index in [0.717, 1.165) is 25.8 Å². The molecular weight excluding hydrogens is 318 g/mol. The summed E-state index contributed by atoms with van der Waals surface area (Å²) in [7, 11) is 1.54. The first-order valence-electron chi connectivity index (χ1n) is 8.72. The summed E-state index contributed by atoms with van der Waals surface area (Å²) in [4.78, 5) is 26.4. The monoisotopic (exact) mass is 345 g/mol. The van der Waals surface area contributed by atoms with Crippen LogP contribution < -0.4 is 15.4 Å². The molecule has 0 aromatic heterocycles. The van der Waals surface area contributed by atoms with Gasteiger partial charge in [0.1, 0.15) is 5.75 Å². The average molecular weight is 345 g/mol. The summed E-state index contributed by atoms with van der Waals surface area (Å²) in [6.07, 6.45) is 4.93. The van der Waals surface area contributed by atoms with Gasteiger partial charge in [0, 0.05) is 24.7 Å². The van der Waals surface area contributed by atoms with Gasteiger partial charge < -0.3 is 15.4 Å². The Labute approximate surface area is 149 Å². The normalized spacial score (nSPS) is 17.1. The van der Waals surface area contributed by atoms with Crippen LogP contribution in [-0.4, -0.2) is 43.0 Å². The molecule has 1 fully saturated rings. The first-order valence-corrected chi connectivity index (χ1v) is 8.72. The highest BCUT2D eigenvalue weighted by Gasteiger charge is 2.29. The second-order valence-corrected chi connectivity index (χ2v) is 6.14. The van der Waals surface area contributed by atoms with Crippen LogP contribution in [0.3, 0.4) is 0 Å².